The molecule has 3 heterocycles. The van der Waals surface area contributed by atoms with E-state index in [9.17, 15) is 21.6 Å². The largest absolute Gasteiger partial charge is 0.457 e. The van der Waals surface area contributed by atoms with E-state index >= 15 is 0 Å². The second-order valence-electron chi connectivity index (χ2n) is 8.68. The number of halogens is 3. The number of anilines is 1. The molecule has 0 aliphatic heterocycles. The first-order chi connectivity index (χ1) is 18.1. The van der Waals surface area contributed by atoms with Crippen molar-refractivity contribution in [3.05, 3.63) is 60.0 Å². The van der Waals surface area contributed by atoms with Crippen LogP contribution in [0.15, 0.2) is 53.2 Å². The van der Waals surface area contributed by atoms with Gasteiger partial charge < -0.3 is 14.0 Å². The summed E-state index contributed by atoms with van der Waals surface area (Å²) >= 11 is 0. The lowest BCUT2D eigenvalue weighted by atomic mass is 10.1. The monoisotopic (exact) mass is 549 g/mol. The predicted molar refractivity (Wildman–Crippen MR) is 130 cm³/mol. The normalized spacial score (nSPS) is 14.9. The number of nitrogens with one attached hydrogen (secondary N) is 1. The molecule has 1 fully saturated rings. The van der Waals surface area contributed by atoms with Gasteiger partial charge in [0.1, 0.15) is 11.5 Å². The van der Waals surface area contributed by atoms with Gasteiger partial charge >= 0.3 is 6.18 Å². The van der Waals surface area contributed by atoms with E-state index in [1.807, 2.05) is 0 Å². The van der Waals surface area contributed by atoms with E-state index in [1.54, 1.807) is 24.3 Å². The van der Waals surface area contributed by atoms with Gasteiger partial charge in [-0.1, -0.05) is 23.4 Å². The number of para-hydroxylation sites is 2. The molecule has 1 aromatic carbocycles. The minimum atomic E-state index is -4.89. The number of benzene rings is 1. The smallest absolute Gasteiger partial charge is 0.429 e. The SMILES string of the molecule is COCCS(=O)(=O)Nc1nc2ccccc2nc1OC(c1ccc(-c2cc(C3CC3)on2)nc1)C(F)(F)F. The number of aromatic nitrogens is 4. The van der Waals surface area contributed by atoms with E-state index in [2.05, 4.69) is 24.8 Å². The molecule has 0 spiro atoms. The Morgan fingerprint density at radius 2 is 1.84 bits per heavy atom. The summed E-state index contributed by atoms with van der Waals surface area (Å²) in [7, 11) is -2.71. The Hall–Kier alpha value is -3.78. The van der Waals surface area contributed by atoms with Crippen LogP contribution in [0.3, 0.4) is 0 Å². The van der Waals surface area contributed by atoms with Crippen LogP contribution in [0.25, 0.3) is 22.4 Å². The molecule has 0 amide bonds. The Labute approximate surface area is 215 Å². The van der Waals surface area contributed by atoms with Gasteiger partial charge in [-0.3, -0.25) is 9.71 Å². The van der Waals surface area contributed by atoms with Gasteiger partial charge in [0.25, 0.3) is 5.88 Å². The van der Waals surface area contributed by atoms with Crippen LogP contribution in [0, 0.1) is 0 Å². The molecule has 0 bridgehead atoms. The number of sulfonamides is 1. The molecule has 10 nitrogen and oxygen atoms in total. The van der Waals surface area contributed by atoms with Crippen molar-refractivity contribution in [2.45, 2.75) is 31.0 Å². The van der Waals surface area contributed by atoms with Gasteiger partial charge in [-0.2, -0.15) is 13.2 Å². The van der Waals surface area contributed by atoms with Crippen molar-refractivity contribution >= 4 is 26.9 Å². The summed E-state index contributed by atoms with van der Waals surface area (Å²) in [4.78, 5) is 12.4. The summed E-state index contributed by atoms with van der Waals surface area (Å²) in [5.41, 5.74) is 0.903. The highest BCUT2D eigenvalue weighted by Crippen LogP contribution is 2.42. The van der Waals surface area contributed by atoms with E-state index in [4.69, 9.17) is 14.0 Å². The molecule has 1 unspecified atom stereocenters. The lowest BCUT2D eigenvalue weighted by molar-refractivity contribution is -0.198. The lowest BCUT2D eigenvalue weighted by Crippen LogP contribution is -2.28. The van der Waals surface area contributed by atoms with Crippen molar-refractivity contribution < 1.29 is 35.6 Å². The molecular weight excluding hydrogens is 527 g/mol. The first kappa shape index (κ1) is 25.9. The van der Waals surface area contributed by atoms with E-state index in [-0.39, 0.29) is 23.2 Å². The van der Waals surface area contributed by atoms with Gasteiger partial charge in [0.2, 0.25) is 21.9 Å². The number of hydrogen-bond acceptors (Lipinski definition) is 9. The van der Waals surface area contributed by atoms with Crippen LogP contribution >= 0.6 is 0 Å². The second kappa shape index (κ2) is 10.2. The van der Waals surface area contributed by atoms with Crippen LogP contribution in [0.5, 0.6) is 5.88 Å². The van der Waals surface area contributed by atoms with Crippen molar-refractivity contribution in [3.8, 4) is 17.3 Å². The number of nitrogens with zero attached hydrogens (tertiary/aromatic N) is 4. The Morgan fingerprint density at radius 1 is 1.11 bits per heavy atom. The fourth-order valence-corrected chi connectivity index (χ4v) is 4.56. The first-order valence-corrected chi connectivity index (χ1v) is 13.2. The van der Waals surface area contributed by atoms with Crippen LogP contribution < -0.4 is 9.46 Å². The molecule has 5 rings (SSSR count). The Morgan fingerprint density at radius 3 is 2.47 bits per heavy atom. The number of ether oxygens (including phenoxy) is 2. The number of pyridine rings is 1. The fourth-order valence-electron chi connectivity index (χ4n) is 3.64. The zero-order valence-electron chi connectivity index (χ0n) is 20.0. The van der Waals surface area contributed by atoms with Crippen molar-refractivity contribution in [2.75, 3.05) is 24.2 Å². The average molecular weight is 550 g/mol. The number of rotatable bonds is 10. The topological polar surface area (TPSA) is 129 Å². The van der Waals surface area contributed by atoms with Crippen molar-refractivity contribution in [2.24, 2.45) is 0 Å². The average Bonchev–Trinajstić information content (AvgIpc) is 3.62. The van der Waals surface area contributed by atoms with Crippen molar-refractivity contribution in [3.63, 3.8) is 0 Å². The molecule has 14 heteroatoms. The number of fused-ring (bicyclic) bond motifs is 1. The third-order valence-electron chi connectivity index (χ3n) is 5.73. The molecule has 1 aliphatic rings. The van der Waals surface area contributed by atoms with E-state index in [0.29, 0.717) is 17.3 Å². The molecule has 0 radical (unpaired) electrons. The lowest BCUT2D eigenvalue weighted by Gasteiger charge is -2.22. The third kappa shape index (κ3) is 5.86. The standard InChI is InChI=1S/C24H22F3N5O5S/c1-35-10-11-38(33,34)32-22-23(30-18-5-3-2-4-17(18)29-22)36-21(24(25,26)27)15-8-9-16(28-13-15)19-12-20(37-31-19)14-6-7-14/h2-5,8-9,12-14,21H,6-7,10-11H2,1H3,(H,29,32). The molecule has 3 aromatic heterocycles. The molecule has 1 aliphatic carbocycles. The summed E-state index contributed by atoms with van der Waals surface area (Å²) < 4.78 is 85.0. The van der Waals surface area contributed by atoms with Gasteiger partial charge in [0.15, 0.2) is 0 Å². The molecular formula is C24H22F3N5O5S. The highest BCUT2D eigenvalue weighted by atomic mass is 32.2. The summed E-state index contributed by atoms with van der Waals surface area (Å²) in [6.45, 7) is -0.136. The van der Waals surface area contributed by atoms with E-state index < -0.39 is 39.8 Å². The molecule has 0 saturated heterocycles. The maximum Gasteiger partial charge on any atom is 0.429 e. The zero-order valence-corrected chi connectivity index (χ0v) is 20.8. The minimum absolute atomic E-state index is 0.136. The van der Waals surface area contributed by atoms with Gasteiger partial charge in [0.05, 0.1) is 29.1 Å². The first-order valence-electron chi connectivity index (χ1n) is 11.6. The van der Waals surface area contributed by atoms with Gasteiger partial charge in [0, 0.05) is 30.9 Å². The molecule has 1 N–H and O–H groups in total. The number of alkyl halides is 3. The maximum atomic E-state index is 14.2. The Kier molecular flexibility index (Phi) is 6.92. The molecule has 1 saturated carbocycles. The highest BCUT2D eigenvalue weighted by Gasteiger charge is 2.44. The third-order valence-corrected chi connectivity index (χ3v) is 6.94. The fraction of sp³-hybridized carbons (Fsp3) is 0.333. The van der Waals surface area contributed by atoms with Gasteiger partial charge in [-0.15, -0.1) is 0 Å². The number of methoxy groups -OCH3 is 1. The van der Waals surface area contributed by atoms with Crippen LogP contribution in [-0.4, -0.2) is 54.2 Å². The molecule has 4 aromatic rings. The number of hydrogen-bond donors (Lipinski definition) is 1. The Bertz CT molecular complexity index is 1540. The Balaban J connectivity index is 1.47. The quantitative estimate of drug-likeness (QED) is 0.301. The predicted octanol–water partition coefficient (Wildman–Crippen LogP) is 4.63. The van der Waals surface area contributed by atoms with Gasteiger partial charge in [-0.05, 0) is 31.0 Å². The summed E-state index contributed by atoms with van der Waals surface area (Å²) in [5, 5.41) is 3.95. The molecule has 200 valence electrons. The molecule has 38 heavy (non-hydrogen) atoms. The zero-order chi connectivity index (χ0) is 26.9. The van der Waals surface area contributed by atoms with Crippen molar-refractivity contribution in [1.29, 1.82) is 0 Å². The van der Waals surface area contributed by atoms with Gasteiger partial charge in [-0.25, -0.2) is 18.4 Å². The summed E-state index contributed by atoms with van der Waals surface area (Å²) in [6, 6.07) is 10.6. The van der Waals surface area contributed by atoms with Crippen LogP contribution in [0.4, 0.5) is 19.0 Å². The summed E-state index contributed by atoms with van der Waals surface area (Å²) in [6.07, 6.45) is -4.37. The highest BCUT2D eigenvalue weighted by molar-refractivity contribution is 7.92. The van der Waals surface area contributed by atoms with Crippen molar-refractivity contribution in [1.82, 2.24) is 20.1 Å². The van der Waals surface area contributed by atoms with Crippen LogP contribution in [0.2, 0.25) is 0 Å². The van der Waals surface area contributed by atoms with Crippen LogP contribution in [-0.2, 0) is 14.8 Å². The minimum Gasteiger partial charge on any atom is -0.457 e. The molecule has 1 atom stereocenters. The summed E-state index contributed by atoms with van der Waals surface area (Å²) in [5.74, 6) is -0.522. The van der Waals surface area contributed by atoms with E-state index in [0.717, 1.165) is 24.8 Å². The maximum absolute atomic E-state index is 14.2. The van der Waals surface area contributed by atoms with E-state index in [1.165, 1.54) is 25.3 Å². The second-order valence-corrected chi connectivity index (χ2v) is 10.5. The van der Waals surface area contributed by atoms with Crippen LogP contribution in [0.1, 0.15) is 36.2 Å².